The Balaban J connectivity index is 2.25. The average Bonchev–Trinajstić information content (AvgIpc) is 3.18. The molecule has 0 atom stereocenters. The summed E-state index contributed by atoms with van der Waals surface area (Å²) in [5, 5.41) is 0. The molecule has 0 saturated carbocycles. The highest BCUT2D eigenvalue weighted by Crippen LogP contribution is 2.33. The lowest BCUT2D eigenvalue weighted by Crippen LogP contribution is -2.08. The quantitative estimate of drug-likeness (QED) is 0.355. The molecule has 0 N–H and O–H groups in total. The molecule has 0 spiro atoms. The van der Waals surface area contributed by atoms with Gasteiger partial charge < -0.3 is 0 Å². The van der Waals surface area contributed by atoms with E-state index in [4.69, 9.17) is 4.98 Å². The fourth-order valence-electron chi connectivity index (χ4n) is 4.46. The van der Waals surface area contributed by atoms with Crippen LogP contribution < -0.4 is 0 Å². The molecule has 2 heteroatoms. The standard InChI is InChI=1S/C27H36N2/c1-5-11-21-15-9-16-22(12-6-2)25(21)27-28-19-20-29(27)26-23(13-7-3)17-10-18-24(26)14-8-4/h9-10,15-20H,5-8,11-14H2,1-4H3. The van der Waals surface area contributed by atoms with E-state index in [0.717, 1.165) is 57.2 Å². The zero-order chi connectivity index (χ0) is 20.6. The van der Waals surface area contributed by atoms with Crippen molar-refractivity contribution in [2.45, 2.75) is 79.1 Å². The van der Waals surface area contributed by atoms with E-state index in [2.05, 4.69) is 74.9 Å². The maximum atomic E-state index is 4.91. The molecule has 29 heavy (non-hydrogen) atoms. The molecule has 0 amide bonds. The molecule has 3 aromatic rings. The number of benzene rings is 2. The van der Waals surface area contributed by atoms with Gasteiger partial charge in [0.2, 0.25) is 0 Å². The molecule has 1 aromatic heterocycles. The Morgan fingerprint density at radius 2 is 1.10 bits per heavy atom. The van der Waals surface area contributed by atoms with Crippen molar-refractivity contribution >= 4 is 0 Å². The third-order valence-electron chi connectivity index (χ3n) is 5.62. The second-order valence-electron chi connectivity index (χ2n) is 8.00. The molecule has 0 aliphatic heterocycles. The number of aryl methyl sites for hydroxylation is 4. The lowest BCUT2D eigenvalue weighted by molar-refractivity contribution is 0.859. The van der Waals surface area contributed by atoms with Gasteiger partial charge in [-0.05, 0) is 47.9 Å². The first-order valence-electron chi connectivity index (χ1n) is 11.5. The number of hydrogen-bond donors (Lipinski definition) is 0. The molecule has 3 rings (SSSR count). The van der Waals surface area contributed by atoms with Crippen molar-refractivity contribution < 1.29 is 0 Å². The molecule has 1 heterocycles. The number of imidazole rings is 1. The van der Waals surface area contributed by atoms with E-state index in [1.807, 2.05) is 6.20 Å². The van der Waals surface area contributed by atoms with Crippen LogP contribution in [0.25, 0.3) is 17.1 Å². The number of aromatic nitrogens is 2. The predicted octanol–water partition coefficient (Wildman–Crippen LogP) is 7.35. The van der Waals surface area contributed by atoms with Gasteiger partial charge in [-0.2, -0.15) is 0 Å². The van der Waals surface area contributed by atoms with Crippen LogP contribution in [-0.4, -0.2) is 9.55 Å². The van der Waals surface area contributed by atoms with Crippen molar-refractivity contribution in [3.05, 3.63) is 71.0 Å². The molecule has 0 radical (unpaired) electrons. The summed E-state index contributed by atoms with van der Waals surface area (Å²) in [6.45, 7) is 9.05. The normalized spacial score (nSPS) is 11.2. The van der Waals surface area contributed by atoms with E-state index in [0.29, 0.717) is 0 Å². The summed E-state index contributed by atoms with van der Waals surface area (Å²) in [5.41, 5.74) is 8.43. The topological polar surface area (TPSA) is 17.8 Å². The number of nitrogens with zero attached hydrogens (tertiary/aromatic N) is 2. The van der Waals surface area contributed by atoms with Gasteiger partial charge in [-0.1, -0.05) is 89.8 Å². The van der Waals surface area contributed by atoms with Crippen LogP contribution in [0.4, 0.5) is 0 Å². The molecular weight excluding hydrogens is 352 g/mol. The summed E-state index contributed by atoms with van der Waals surface area (Å²) in [6.07, 6.45) is 13.1. The van der Waals surface area contributed by atoms with Crippen molar-refractivity contribution in [1.82, 2.24) is 9.55 Å². The number of hydrogen-bond acceptors (Lipinski definition) is 1. The molecular formula is C27H36N2. The maximum absolute atomic E-state index is 4.91. The Hall–Kier alpha value is -2.35. The van der Waals surface area contributed by atoms with Gasteiger partial charge in [0.05, 0.1) is 5.69 Å². The molecule has 154 valence electrons. The van der Waals surface area contributed by atoms with Gasteiger partial charge >= 0.3 is 0 Å². The smallest absolute Gasteiger partial charge is 0.145 e. The SMILES string of the molecule is CCCc1cccc(CCC)c1-c1nccn1-c1c(CCC)cccc1CCC. The van der Waals surface area contributed by atoms with Crippen molar-refractivity contribution in [2.24, 2.45) is 0 Å². The monoisotopic (exact) mass is 388 g/mol. The van der Waals surface area contributed by atoms with Crippen LogP contribution in [0, 0.1) is 0 Å². The fourth-order valence-corrected chi connectivity index (χ4v) is 4.46. The fraction of sp³-hybridized carbons (Fsp3) is 0.444. The van der Waals surface area contributed by atoms with Crippen molar-refractivity contribution in [3.63, 3.8) is 0 Å². The first-order valence-corrected chi connectivity index (χ1v) is 11.5. The zero-order valence-electron chi connectivity index (χ0n) is 18.7. The summed E-state index contributed by atoms with van der Waals surface area (Å²) < 4.78 is 2.38. The summed E-state index contributed by atoms with van der Waals surface area (Å²) in [6, 6.07) is 13.6. The third-order valence-corrected chi connectivity index (χ3v) is 5.62. The van der Waals surface area contributed by atoms with Crippen molar-refractivity contribution in [2.75, 3.05) is 0 Å². The third kappa shape index (κ3) is 4.63. The van der Waals surface area contributed by atoms with E-state index in [1.54, 1.807) is 0 Å². The minimum atomic E-state index is 1.10. The summed E-state index contributed by atoms with van der Waals surface area (Å²) in [5.74, 6) is 1.11. The van der Waals surface area contributed by atoms with Gasteiger partial charge in [-0.3, -0.25) is 4.57 Å². The lowest BCUT2D eigenvalue weighted by atomic mass is 9.94. The highest BCUT2D eigenvalue weighted by molar-refractivity contribution is 5.69. The highest BCUT2D eigenvalue weighted by Gasteiger charge is 2.19. The van der Waals surface area contributed by atoms with Crippen LogP contribution in [0.1, 0.15) is 75.6 Å². The molecule has 0 unspecified atom stereocenters. The average molecular weight is 389 g/mol. The van der Waals surface area contributed by atoms with E-state index < -0.39 is 0 Å². The maximum Gasteiger partial charge on any atom is 0.145 e. The van der Waals surface area contributed by atoms with Crippen molar-refractivity contribution in [3.8, 4) is 17.1 Å². The van der Waals surface area contributed by atoms with E-state index in [1.165, 1.54) is 33.5 Å². The predicted molar refractivity (Wildman–Crippen MR) is 125 cm³/mol. The van der Waals surface area contributed by atoms with Gasteiger partial charge in [0.1, 0.15) is 5.82 Å². The zero-order valence-corrected chi connectivity index (χ0v) is 18.7. The minimum Gasteiger partial charge on any atom is -0.299 e. The molecule has 2 aromatic carbocycles. The summed E-state index contributed by atoms with van der Waals surface area (Å²) >= 11 is 0. The summed E-state index contributed by atoms with van der Waals surface area (Å²) in [4.78, 5) is 4.91. The molecule has 2 nitrogen and oxygen atoms in total. The van der Waals surface area contributed by atoms with Crippen LogP contribution in [0.3, 0.4) is 0 Å². The van der Waals surface area contributed by atoms with E-state index in [-0.39, 0.29) is 0 Å². The van der Waals surface area contributed by atoms with Gasteiger partial charge in [0, 0.05) is 18.0 Å². The molecule has 0 bridgehead atoms. The van der Waals surface area contributed by atoms with Crippen molar-refractivity contribution in [1.29, 1.82) is 0 Å². The van der Waals surface area contributed by atoms with Gasteiger partial charge in [0.25, 0.3) is 0 Å². The Kier molecular flexibility index (Phi) is 7.69. The molecule has 0 aliphatic rings. The molecule has 0 saturated heterocycles. The van der Waals surface area contributed by atoms with Gasteiger partial charge in [0.15, 0.2) is 0 Å². The van der Waals surface area contributed by atoms with E-state index >= 15 is 0 Å². The number of para-hydroxylation sites is 1. The van der Waals surface area contributed by atoms with Gasteiger partial charge in [-0.15, -0.1) is 0 Å². The van der Waals surface area contributed by atoms with Crippen LogP contribution in [-0.2, 0) is 25.7 Å². The Morgan fingerprint density at radius 1 is 0.655 bits per heavy atom. The Morgan fingerprint density at radius 3 is 1.59 bits per heavy atom. The number of rotatable bonds is 10. The van der Waals surface area contributed by atoms with Crippen LogP contribution in [0.2, 0.25) is 0 Å². The molecule has 0 fully saturated rings. The largest absolute Gasteiger partial charge is 0.299 e. The van der Waals surface area contributed by atoms with Gasteiger partial charge in [-0.25, -0.2) is 4.98 Å². The van der Waals surface area contributed by atoms with E-state index in [9.17, 15) is 0 Å². The second kappa shape index (κ2) is 10.4. The summed E-state index contributed by atoms with van der Waals surface area (Å²) in [7, 11) is 0. The van der Waals surface area contributed by atoms with Crippen LogP contribution >= 0.6 is 0 Å². The Bertz CT molecular complexity index is 798. The molecule has 0 aliphatic carbocycles. The minimum absolute atomic E-state index is 1.10. The first kappa shape index (κ1) is 21.4. The second-order valence-corrected chi connectivity index (χ2v) is 8.00. The Labute approximate surface area is 177 Å². The first-order chi connectivity index (χ1) is 14.2. The van der Waals surface area contributed by atoms with Crippen LogP contribution in [0.15, 0.2) is 48.8 Å². The van der Waals surface area contributed by atoms with Crippen LogP contribution in [0.5, 0.6) is 0 Å². The highest BCUT2D eigenvalue weighted by atomic mass is 15.1. The lowest BCUT2D eigenvalue weighted by Gasteiger charge is -2.20.